The van der Waals surface area contributed by atoms with Gasteiger partial charge in [-0.25, -0.2) is 4.79 Å². The highest BCUT2D eigenvalue weighted by Gasteiger charge is 2.35. The maximum Gasteiger partial charge on any atom is 0.329 e. The molecule has 4 rings (SSSR count). The first-order valence-corrected chi connectivity index (χ1v) is 16.6. The number of phenolic OH excluding ortho intramolecular Hbond substituents is 1. The van der Waals surface area contributed by atoms with E-state index in [0.717, 1.165) is 16.5 Å². The number of cyclic esters (lactones) is 1. The van der Waals surface area contributed by atoms with Crippen molar-refractivity contribution in [3.8, 4) is 17.2 Å². The largest absolute Gasteiger partial charge is 0.508 e. The van der Waals surface area contributed by atoms with Crippen LogP contribution in [-0.2, 0) is 48.1 Å². The van der Waals surface area contributed by atoms with Crippen molar-refractivity contribution in [2.75, 3.05) is 27.3 Å². The molecule has 1 heterocycles. The molecule has 0 radical (unpaired) electrons. The number of nitrogens with two attached hydrogens (primary N) is 1. The van der Waals surface area contributed by atoms with Gasteiger partial charge in [-0.05, 0) is 42.7 Å². The number of carbonyl (C=O) groups is 5. The maximum atomic E-state index is 13.7. The van der Waals surface area contributed by atoms with Gasteiger partial charge in [0.05, 0.1) is 56.4 Å². The number of hydrogen-bond donors (Lipinski definition) is 5. The summed E-state index contributed by atoms with van der Waals surface area (Å²) in [5.41, 5.74) is 7.20. The first-order valence-electron chi connectivity index (χ1n) is 16.6. The smallest absolute Gasteiger partial charge is 0.329 e. The molecule has 1 saturated heterocycles. The van der Waals surface area contributed by atoms with Gasteiger partial charge < -0.3 is 45.9 Å². The van der Waals surface area contributed by atoms with Gasteiger partial charge in [0, 0.05) is 12.8 Å². The van der Waals surface area contributed by atoms with E-state index in [1.165, 1.54) is 32.4 Å². The quantitative estimate of drug-likeness (QED) is 0.0738. The summed E-state index contributed by atoms with van der Waals surface area (Å²) in [6.45, 7) is -0.00209. The second kappa shape index (κ2) is 18.3. The van der Waals surface area contributed by atoms with Gasteiger partial charge in [0.15, 0.2) is 11.5 Å². The molecule has 0 aromatic heterocycles. The van der Waals surface area contributed by atoms with Gasteiger partial charge in [0.2, 0.25) is 23.6 Å². The summed E-state index contributed by atoms with van der Waals surface area (Å²) in [6.07, 6.45) is -0.0188. The van der Waals surface area contributed by atoms with E-state index in [-0.39, 0.29) is 48.2 Å². The number of carbonyl (C=O) groups excluding carboxylic acids is 5. The van der Waals surface area contributed by atoms with Crippen molar-refractivity contribution in [3.05, 3.63) is 93.5 Å². The van der Waals surface area contributed by atoms with E-state index in [1.54, 1.807) is 49.4 Å². The molecule has 53 heavy (non-hydrogen) atoms. The number of nitrogens with one attached hydrogen (secondary N) is 3. The van der Waals surface area contributed by atoms with Gasteiger partial charge in [-0.2, -0.15) is 0 Å². The fraction of sp³-hybridized carbons (Fsp3) is 0.361. The minimum Gasteiger partial charge on any atom is -0.508 e. The SMILES string of the molecule is COc1cc(CN(CC(=O)NCC(=O)N[C@@H](Cc2ccccc2)C(=O)N[C@H]2CC(C)OC2=O)C(=O)[C@@H](N)Cc2ccc(O)cc2)c([N+](=O)[O-])cc1OC. The zero-order valence-corrected chi connectivity index (χ0v) is 29.4. The van der Waals surface area contributed by atoms with E-state index >= 15 is 0 Å². The Kier molecular flexibility index (Phi) is 13.7. The summed E-state index contributed by atoms with van der Waals surface area (Å²) >= 11 is 0. The van der Waals surface area contributed by atoms with Crippen LogP contribution in [0.15, 0.2) is 66.7 Å². The Hall–Kier alpha value is -6.23. The summed E-state index contributed by atoms with van der Waals surface area (Å²) in [4.78, 5) is 77.8. The number of benzene rings is 3. The third-order valence-corrected chi connectivity index (χ3v) is 8.36. The molecular formula is C36H42N6O11. The fourth-order valence-corrected chi connectivity index (χ4v) is 5.69. The van der Waals surface area contributed by atoms with E-state index in [9.17, 15) is 39.2 Å². The summed E-state index contributed by atoms with van der Waals surface area (Å²) in [6, 6.07) is 14.1. The third-order valence-electron chi connectivity index (χ3n) is 8.36. The number of rotatable bonds is 17. The molecule has 1 unspecified atom stereocenters. The van der Waals surface area contributed by atoms with Gasteiger partial charge in [-0.15, -0.1) is 0 Å². The molecule has 0 saturated carbocycles. The Labute approximate surface area is 304 Å². The number of aromatic hydroxyl groups is 1. The van der Waals surface area contributed by atoms with Crippen LogP contribution < -0.4 is 31.2 Å². The molecule has 0 bridgehead atoms. The summed E-state index contributed by atoms with van der Waals surface area (Å²) in [5.74, 6) is -3.26. The topological polar surface area (TPSA) is 242 Å². The van der Waals surface area contributed by atoms with Crippen LogP contribution in [0.25, 0.3) is 0 Å². The molecule has 17 heteroatoms. The van der Waals surface area contributed by atoms with Crippen molar-refractivity contribution in [3.63, 3.8) is 0 Å². The number of ether oxygens (including phenoxy) is 3. The highest BCUT2D eigenvalue weighted by Crippen LogP contribution is 2.35. The lowest BCUT2D eigenvalue weighted by Crippen LogP contribution is -2.54. The molecule has 4 atom stereocenters. The number of esters is 1. The summed E-state index contributed by atoms with van der Waals surface area (Å²) in [7, 11) is 2.64. The Morgan fingerprint density at radius 2 is 1.64 bits per heavy atom. The van der Waals surface area contributed by atoms with Crippen molar-refractivity contribution in [2.24, 2.45) is 5.73 Å². The van der Waals surface area contributed by atoms with Crippen LogP contribution in [0.1, 0.15) is 30.0 Å². The average Bonchev–Trinajstić information content (AvgIpc) is 3.45. The molecule has 4 amide bonds. The normalized spacial score (nSPS) is 16.0. The number of nitro benzene ring substituents is 1. The highest BCUT2D eigenvalue weighted by molar-refractivity contribution is 5.93. The van der Waals surface area contributed by atoms with E-state index < -0.39 is 78.0 Å². The van der Waals surface area contributed by atoms with Gasteiger partial charge in [-0.3, -0.25) is 29.3 Å². The van der Waals surface area contributed by atoms with Crippen LogP contribution in [0.3, 0.4) is 0 Å². The zero-order chi connectivity index (χ0) is 38.7. The number of methoxy groups -OCH3 is 2. The predicted molar refractivity (Wildman–Crippen MR) is 189 cm³/mol. The van der Waals surface area contributed by atoms with Gasteiger partial charge in [-0.1, -0.05) is 42.5 Å². The number of nitro groups is 1. The molecule has 0 spiro atoms. The Bertz CT molecular complexity index is 1810. The number of phenols is 1. The van der Waals surface area contributed by atoms with Gasteiger partial charge in [0.1, 0.15) is 23.9 Å². The molecule has 1 fully saturated rings. The Morgan fingerprint density at radius 1 is 1.00 bits per heavy atom. The first kappa shape index (κ1) is 39.6. The van der Waals surface area contributed by atoms with Crippen LogP contribution in [-0.4, -0.2) is 96.1 Å². The molecule has 1 aliphatic heterocycles. The standard InChI is InChI=1S/C36H42N6O11/c1-21-13-28(36(48)53-21)40-34(46)27(15-22-7-5-4-6-8-22)39-32(44)18-38-33(45)20-41(35(47)26(37)14-23-9-11-25(43)12-10-23)19-24-16-30(51-2)31(52-3)17-29(24)42(49)50/h4-12,16-17,21,26-28,43H,13-15,18-20,37H2,1-3H3,(H,38,45)(H,39,44)(H,40,46)/t21?,26-,27-,28-/m0/s1. The molecule has 3 aromatic rings. The molecule has 3 aromatic carbocycles. The molecular weight excluding hydrogens is 692 g/mol. The van der Waals surface area contributed by atoms with E-state index in [2.05, 4.69) is 16.0 Å². The van der Waals surface area contributed by atoms with E-state index in [4.69, 9.17) is 19.9 Å². The van der Waals surface area contributed by atoms with Crippen LogP contribution in [0.2, 0.25) is 0 Å². The lowest BCUT2D eigenvalue weighted by Gasteiger charge is -2.26. The van der Waals surface area contributed by atoms with E-state index in [1.807, 2.05) is 0 Å². The molecule has 6 N–H and O–H groups in total. The fourth-order valence-electron chi connectivity index (χ4n) is 5.69. The second-order valence-electron chi connectivity index (χ2n) is 12.4. The van der Waals surface area contributed by atoms with Crippen LogP contribution in [0.5, 0.6) is 17.2 Å². The third kappa shape index (κ3) is 11.1. The van der Waals surface area contributed by atoms with E-state index in [0.29, 0.717) is 5.56 Å². The first-order chi connectivity index (χ1) is 25.3. The highest BCUT2D eigenvalue weighted by atomic mass is 16.6. The Morgan fingerprint density at radius 3 is 2.25 bits per heavy atom. The van der Waals surface area contributed by atoms with Gasteiger partial charge in [0.25, 0.3) is 5.69 Å². The van der Waals surface area contributed by atoms with Crippen LogP contribution in [0, 0.1) is 10.1 Å². The number of hydrogen-bond acceptors (Lipinski definition) is 12. The minimum absolute atomic E-state index is 0.00994. The Balaban J connectivity index is 1.49. The molecule has 0 aliphatic carbocycles. The average molecular weight is 735 g/mol. The second-order valence-corrected chi connectivity index (χ2v) is 12.4. The maximum absolute atomic E-state index is 13.7. The van der Waals surface area contributed by atoms with Crippen LogP contribution in [0.4, 0.5) is 5.69 Å². The summed E-state index contributed by atoms with van der Waals surface area (Å²) < 4.78 is 15.6. The van der Waals surface area contributed by atoms with Crippen molar-refractivity contribution < 1.29 is 48.2 Å². The van der Waals surface area contributed by atoms with Crippen molar-refractivity contribution in [1.82, 2.24) is 20.9 Å². The van der Waals surface area contributed by atoms with Crippen LogP contribution >= 0.6 is 0 Å². The summed E-state index contributed by atoms with van der Waals surface area (Å²) in [5, 5.41) is 29.3. The molecule has 17 nitrogen and oxygen atoms in total. The van der Waals surface area contributed by atoms with Crippen molar-refractivity contribution >= 4 is 35.3 Å². The van der Waals surface area contributed by atoms with Crippen molar-refractivity contribution in [1.29, 1.82) is 0 Å². The molecule has 282 valence electrons. The monoisotopic (exact) mass is 734 g/mol. The number of amides is 4. The van der Waals surface area contributed by atoms with Crippen molar-refractivity contribution in [2.45, 2.75) is 57.0 Å². The zero-order valence-electron chi connectivity index (χ0n) is 29.4. The lowest BCUT2D eigenvalue weighted by molar-refractivity contribution is -0.385. The molecule has 1 aliphatic rings. The number of nitrogens with zero attached hydrogens (tertiary/aromatic N) is 2. The van der Waals surface area contributed by atoms with Gasteiger partial charge >= 0.3 is 5.97 Å². The lowest BCUT2D eigenvalue weighted by atomic mass is 10.0. The predicted octanol–water partition coefficient (Wildman–Crippen LogP) is 0.880. The minimum atomic E-state index is -1.20.